The lowest BCUT2D eigenvalue weighted by Gasteiger charge is -2.40. The zero-order chi connectivity index (χ0) is 25.2. The van der Waals surface area contributed by atoms with Crippen molar-refractivity contribution in [2.75, 3.05) is 50.2 Å². The fourth-order valence-corrected chi connectivity index (χ4v) is 5.57. The molecule has 0 aliphatic carbocycles. The van der Waals surface area contributed by atoms with E-state index < -0.39 is 0 Å². The van der Waals surface area contributed by atoms with E-state index in [4.69, 9.17) is 19.4 Å². The van der Waals surface area contributed by atoms with Crippen molar-refractivity contribution in [3.8, 4) is 11.4 Å². The molecule has 5 rings (SSSR count). The first-order valence-corrected chi connectivity index (χ1v) is 12.7. The normalized spacial score (nSPS) is 22.8. The highest BCUT2D eigenvalue weighted by molar-refractivity contribution is 5.89. The number of aromatic nitrogens is 2. The number of amides is 3. The molecule has 2 fully saturated rings. The second-order valence-corrected chi connectivity index (χ2v) is 9.60. The zero-order valence-electron chi connectivity index (χ0n) is 21.1. The molecule has 2 bridgehead atoms. The maximum atomic E-state index is 12.9. The molecule has 4 heterocycles. The molecule has 1 aromatic heterocycles. The summed E-state index contributed by atoms with van der Waals surface area (Å²) in [4.78, 5) is 39.2. The Morgan fingerprint density at radius 1 is 1.19 bits per heavy atom. The molecule has 2 N–H and O–H groups in total. The molecule has 36 heavy (non-hydrogen) atoms. The van der Waals surface area contributed by atoms with Gasteiger partial charge in [-0.1, -0.05) is 0 Å². The van der Waals surface area contributed by atoms with Gasteiger partial charge in [0, 0.05) is 43.1 Å². The average molecular weight is 495 g/mol. The number of fused-ring (bicyclic) bond motifs is 4. The van der Waals surface area contributed by atoms with Crippen molar-refractivity contribution in [1.29, 1.82) is 0 Å². The SMILES string of the molecule is CCNC(=O)Nc1ccc(-c2nc3c(c(N4CCOC[C@@H]4C)n2)C[C@H]2CC[C@@H]3N2C(=O)COC)cc1. The van der Waals surface area contributed by atoms with E-state index in [-0.39, 0.29) is 36.7 Å². The number of rotatable bonds is 6. The van der Waals surface area contributed by atoms with E-state index in [0.717, 1.165) is 48.4 Å². The molecule has 10 nitrogen and oxygen atoms in total. The van der Waals surface area contributed by atoms with Crippen LogP contribution in [-0.4, -0.2) is 78.9 Å². The number of hydrogen-bond donors (Lipinski definition) is 2. The number of benzene rings is 1. The smallest absolute Gasteiger partial charge is 0.319 e. The zero-order valence-corrected chi connectivity index (χ0v) is 21.1. The van der Waals surface area contributed by atoms with Crippen LogP contribution in [0.3, 0.4) is 0 Å². The first kappa shape index (κ1) is 24.5. The third-order valence-corrected chi connectivity index (χ3v) is 7.21. The van der Waals surface area contributed by atoms with Crippen LogP contribution in [0.15, 0.2) is 24.3 Å². The van der Waals surface area contributed by atoms with Gasteiger partial charge in [-0.15, -0.1) is 0 Å². The van der Waals surface area contributed by atoms with E-state index >= 15 is 0 Å². The van der Waals surface area contributed by atoms with Gasteiger partial charge in [0.25, 0.3) is 0 Å². The van der Waals surface area contributed by atoms with Gasteiger partial charge in [-0.2, -0.15) is 0 Å². The molecule has 2 aromatic rings. The molecule has 192 valence electrons. The molecule has 10 heteroatoms. The minimum atomic E-state index is -0.240. The number of methoxy groups -OCH3 is 1. The Kier molecular flexibility index (Phi) is 7.06. The lowest BCUT2D eigenvalue weighted by atomic mass is 9.96. The lowest BCUT2D eigenvalue weighted by molar-refractivity contribution is -0.138. The molecule has 2 saturated heterocycles. The number of hydrogen-bond acceptors (Lipinski definition) is 7. The van der Waals surface area contributed by atoms with E-state index in [2.05, 4.69) is 22.5 Å². The third-order valence-electron chi connectivity index (χ3n) is 7.21. The topological polar surface area (TPSA) is 109 Å². The van der Waals surface area contributed by atoms with E-state index in [0.29, 0.717) is 31.3 Å². The molecule has 0 unspecified atom stereocenters. The summed E-state index contributed by atoms with van der Waals surface area (Å²) in [6.07, 6.45) is 2.58. The van der Waals surface area contributed by atoms with Crippen molar-refractivity contribution in [2.24, 2.45) is 0 Å². The number of nitrogens with zero attached hydrogens (tertiary/aromatic N) is 4. The van der Waals surface area contributed by atoms with Gasteiger partial charge in [0.15, 0.2) is 5.82 Å². The van der Waals surface area contributed by atoms with Crippen molar-refractivity contribution in [3.63, 3.8) is 0 Å². The van der Waals surface area contributed by atoms with Crippen LogP contribution in [0.25, 0.3) is 11.4 Å². The molecule has 3 aliphatic rings. The fraction of sp³-hybridized carbons (Fsp3) is 0.538. The van der Waals surface area contributed by atoms with Crippen molar-refractivity contribution in [1.82, 2.24) is 20.2 Å². The van der Waals surface area contributed by atoms with Gasteiger partial charge >= 0.3 is 6.03 Å². The molecular weight excluding hydrogens is 460 g/mol. The summed E-state index contributed by atoms with van der Waals surface area (Å²) in [5, 5.41) is 5.55. The van der Waals surface area contributed by atoms with Crippen LogP contribution in [0.2, 0.25) is 0 Å². The molecule has 0 radical (unpaired) electrons. The summed E-state index contributed by atoms with van der Waals surface area (Å²) in [7, 11) is 1.56. The van der Waals surface area contributed by atoms with Crippen LogP contribution >= 0.6 is 0 Å². The van der Waals surface area contributed by atoms with Gasteiger partial charge in [0.2, 0.25) is 5.91 Å². The summed E-state index contributed by atoms with van der Waals surface area (Å²) >= 11 is 0. The van der Waals surface area contributed by atoms with Gasteiger partial charge < -0.3 is 29.9 Å². The van der Waals surface area contributed by atoms with Gasteiger partial charge in [0.05, 0.1) is 31.0 Å². The third kappa shape index (κ3) is 4.62. The summed E-state index contributed by atoms with van der Waals surface area (Å²) in [6, 6.07) is 7.57. The van der Waals surface area contributed by atoms with Gasteiger partial charge in [-0.05, 0) is 57.4 Å². The molecular formula is C26H34N6O4. The predicted molar refractivity (Wildman–Crippen MR) is 136 cm³/mol. The summed E-state index contributed by atoms with van der Waals surface area (Å²) in [6.45, 7) is 6.74. The Morgan fingerprint density at radius 2 is 2.00 bits per heavy atom. The molecule has 1 aromatic carbocycles. The van der Waals surface area contributed by atoms with Crippen LogP contribution in [0.1, 0.15) is 44.0 Å². The van der Waals surface area contributed by atoms with Crippen molar-refractivity contribution in [2.45, 2.75) is 51.2 Å². The summed E-state index contributed by atoms with van der Waals surface area (Å²) in [5.41, 5.74) is 3.64. The second kappa shape index (κ2) is 10.4. The van der Waals surface area contributed by atoms with Crippen molar-refractivity contribution >= 4 is 23.4 Å². The fourth-order valence-electron chi connectivity index (χ4n) is 5.57. The van der Waals surface area contributed by atoms with Crippen LogP contribution in [-0.2, 0) is 20.7 Å². The molecule has 3 aliphatic heterocycles. The second-order valence-electron chi connectivity index (χ2n) is 9.60. The number of anilines is 2. The maximum absolute atomic E-state index is 12.9. The van der Waals surface area contributed by atoms with Crippen molar-refractivity contribution < 1.29 is 19.1 Å². The van der Waals surface area contributed by atoms with Gasteiger partial charge in [0.1, 0.15) is 12.4 Å². The Bertz CT molecular complexity index is 1120. The highest BCUT2D eigenvalue weighted by Gasteiger charge is 2.45. The molecule has 3 atom stereocenters. The Labute approximate surface area is 211 Å². The number of carbonyl (C=O) groups excluding carboxylic acids is 2. The van der Waals surface area contributed by atoms with E-state index in [9.17, 15) is 9.59 Å². The Hall–Kier alpha value is -3.24. The van der Waals surface area contributed by atoms with Gasteiger partial charge in [-0.25, -0.2) is 14.8 Å². The quantitative estimate of drug-likeness (QED) is 0.636. The number of ether oxygens (including phenoxy) is 2. The Balaban J connectivity index is 1.54. The maximum Gasteiger partial charge on any atom is 0.319 e. The number of morpholine rings is 1. The largest absolute Gasteiger partial charge is 0.377 e. The molecule has 3 amide bonds. The minimum Gasteiger partial charge on any atom is -0.377 e. The van der Waals surface area contributed by atoms with Crippen LogP contribution in [0.4, 0.5) is 16.3 Å². The first-order chi connectivity index (χ1) is 17.5. The Morgan fingerprint density at radius 3 is 2.72 bits per heavy atom. The van der Waals surface area contributed by atoms with Gasteiger partial charge in [-0.3, -0.25) is 4.79 Å². The predicted octanol–water partition coefficient (Wildman–Crippen LogP) is 2.74. The highest BCUT2D eigenvalue weighted by Crippen LogP contribution is 2.46. The summed E-state index contributed by atoms with van der Waals surface area (Å²) < 4.78 is 10.9. The van der Waals surface area contributed by atoms with E-state index in [1.165, 1.54) is 0 Å². The molecule has 0 saturated carbocycles. The van der Waals surface area contributed by atoms with E-state index in [1.54, 1.807) is 7.11 Å². The lowest BCUT2D eigenvalue weighted by Crippen LogP contribution is -2.47. The van der Waals surface area contributed by atoms with Crippen LogP contribution in [0.5, 0.6) is 0 Å². The number of urea groups is 1. The standard InChI is InChI=1S/C26H34N6O4/c1-4-27-26(34)28-18-7-5-17(6-8-18)24-29-23-20(25(30-24)31-11-12-36-14-16(31)2)13-19-9-10-21(23)32(19)22(33)15-35-3/h5-8,16,19,21H,4,9-15H2,1-3H3,(H2,27,28,34)/t16-,19+,21-/m0/s1. The van der Waals surface area contributed by atoms with E-state index in [1.807, 2.05) is 36.1 Å². The average Bonchev–Trinajstić information content (AvgIpc) is 3.20. The monoisotopic (exact) mass is 494 g/mol. The summed E-state index contributed by atoms with van der Waals surface area (Å²) in [5.74, 6) is 1.58. The number of carbonyl (C=O) groups is 2. The highest BCUT2D eigenvalue weighted by atomic mass is 16.5. The van der Waals surface area contributed by atoms with Crippen LogP contribution in [0, 0.1) is 0 Å². The first-order valence-electron chi connectivity index (χ1n) is 12.7. The van der Waals surface area contributed by atoms with Crippen molar-refractivity contribution in [3.05, 3.63) is 35.5 Å². The van der Waals surface area contributed by atoms with Crippen LogP contribution < -0.4 is 15.5 Å². The molecule has 0 spiro atoms. The number of nitrogens with one attached hydrogen (secondary N) is 2. The minimum absolute atomic E-state index is 0.0119.